The molecule has 0 bridgehead atoms. The van der Waals surface area contributed by atoms with Crippen molar-refractivity contribution < 1.29 is 14.2 Å². The van der Waals surface area contributed by atoms with E-state index >= 15 is 0 Å². The van der Waals surface area contributed by atoms with Gasteiger partial charge in [0, 0.05) is 12.6 Å². The molecule has 0 aliphatic carbocycles. The maximum absolute atomic E-state index is 5.43. The summed E-state index contributed by atoms with van der Waals surface area (Å²) >= 11 is 0. The summed E-state index contributed by atoms with van der Waals surface area (Å²) in [5, 5.41) is 6.80. The third-order valence-electron chi connectivity index (χ3n) is 4.58. The summed E-state index contributed by atoms with van der Waals surface area (Å²) < 4.78 is 16.2. The molecule has 0 fully saturated rings. The summed E-state index contributed by atoms with van der Waals surface area (Å²) in [7, 11) is 4.83. The lowest BCUT2D eigenvalue weighted by molar-refractivity contribution is 0.324. The van der Waals surface area contributed by atoms with Crippen LogP contribution >= 0.6 is 0 Å². The molecule has 158 valence electrons. The first-order valence-corrected chi connectivity index (χ1v) is 9.98. The number of nitrogens with zero attached hydrogens (tertiary/aromatic N) is 1. The molecule has 2 N–H and O–H groups in total. The first kappa shape index (κ1) is 22.4. The van der Waals surface area contributed by atoms with Crippen molar-refractivity contribution in [2.45, 2.75) is 39.3 Å². The number of guanidine groups is 1. The molecule has 0 saturated heterocycles. The van der Waals surface area contributed by atoms with Crippen molar-refractivity contribution in [3.8, 4) is 17.2 Å². The summed E-state index contributed by atoms with van der Waals surface area (Å²) in [6.07, 6.45) is 2.06. The predicted molar refractivity (Wildman–Crippen MR) is 118 cm³/mol. The third kappa shape index (κ3) is 6.89. The van der Waals surface area contributed by atoms with Crippen molar-refractivity contribution in [1.82, 2.24) is 10.6 Å². The van der Waals surface area contributed by atoms with Gasteiger partial charge in [0.05, 0.1) is 27.9 Å². The van der Waals surface area contributed by atoms with Crippen molar-refractivity contribution in [2.24, 2.45) is 4.99 Å². The number of rotatable bonds is 10. The molecule has 0 amide bonds. The molecule has 2 aromatic carbocycles. The van der Waals surface area contributed by atoms with Crippen molar-refractivity contribution in [3.63, 3.8) is 0 Å². The quantitative estimate of drug-likeness (QED) is 0.470. The molecular weight excluding hydrogens is 366 g/mol. The second kappa shape index (κ2) is 11.8. The van der Waals surface area contributed by atoms with Gasteiger partial charge in [-0.3, -0.25) is 0 Å². The van der Waals surface area contributed by atoms with Gasteiger partial charge < -0.3 is 24.8 Å². The summed E-state index contributed by atoms with van der Waals surface area (Å²) in [5.74, 6) is 2.64. The van der Waals surface area contributed by atoms with Gasteiger partial charge in [-0.25, -0.2) is 4.99 Å². The Morgan fingerprint density at radius 2 is 1.62 bits per heavy atom. The molecule has 1 unspecified atom stereocenters. The van der Waals surface area contributed by atoms with E-state index in [0.717, 1.165) is 30.9 Å². The lowest BCUT2D eigenvalue weighted by atomic mass is 10.1. The van der Waals surface area contributed by atoms with E-state index in [9.17, 15) is 0 Å². The van der Waals surface area contributed by atoms with Crippen LogP contribution in [0.3, 0.4) is 0 Å². The van der Waals surface area contributed by atoms with Crippen LogP contribution in [0.2, 0.25) is 0 Å². The van der Waals surface area contributed by atoms with Crippen molar-refractivity contribution in [2.75, 3.05) is 27.9 Å². The number of aryl methyl sites for hydroxylation is 1. The summed E-state index contributed by atoms with van der Waals surface area (Å²) in [4.78, 5) is 4.73. The SMILES string of the molecule is CCNC(=NCc1cc(OC)c(OC)c(OC)c1)NC(C)CCc1ccccc1. The zero-order valence-corrected chi connectivity index (χ0v) is 18.1. The maximum Gasteiger partial charge on any atom is 0.203 e. The standard InChI is InChI=1S/C23H33N3O3/c1-6-24-23(26-17(2)12-13-18-10-8-7-9-11-18)25-16-19-14-20(27-3)22(29-5)21(15-19)28-4/h7-11,14-15,17H,6,12-13,16H2,1-5H3,(H2,24,25,26). The van der Waals surface area contributed by atoms with Gasteiger partial charge >= 0.3 is 0 Å². The molecule has 0 aliphatic rings. The fourth-order valence-electron chi connectivity index (χ4n) is 3.05. The van der Waals surface area contributed by atoms with Crippen molar-refractivity contribution in [1.29, 1.82) is 0 Å². The van der Waals surface area contributed by atoms with Crippen LogP contribution in [0.5, 0.6) is 17.2 Å². The molecular formula is C23H33N3O3. The van der Waals surface area contributed by atoms with Gasteiger partial charge in [0.15, 0.2) is 17.5 Å². The van der Waals surface area contributed by atoms with Gasteiger partial charge in [-0.15, -0.1) is 0 Å². The van der Waals surface area contributed by atoms with Crippen LogP contribution in [-0.2, 0) is 13.0 Å². The fraction of sp³-hybridized carbons (Fsp3) is 0.435. The van der Waals surface area contributed by atoms with Crippen molar-refractivity contribution >= 4 is 5.96 Å². The van der Waals surface area contributed by atoms with Gasteiger partial charge in [0.1, 0.15) is 0 Å². The molecule has 6 nitrogen and oxygen atoms in total. The Labute approximate surface area is 174 Å². The highest BCUT2D eigenvalue weighted by Gasteiger charge is 2.13. The largest absolute Gasteiger partial charge is 0.493 e. The summed E-state index contributed by atoms with van der Waals surface area (Å²) in [5.41, 5.74) is 2.33. The topological polar surface area (TPSA) is 64.1 Å². The minimum Gasteiger partial charge on any atom is -0.493 e. The normalized spacial score (nSPS) is 12.2. The minimum atomic E-state index is 0.299. The van der Waals surface area contributed by atoms with Crippen molar-refractivity contribution in [3.05, 3.63) is 53.6 Å². The average Bonchev–Trinajstić information content (AvgIpc) is 2.76. The smallest absolute Gasteiger partial charge is 0.203 e. The zero-order chi connectivity index (χ0) is 21.1. The Hall–Kier alpha value is -2.89. The lowest BCUT2D eigenvalue weighted by Crippen LogP contribution is -2.42. The van der Waals surface area contributed by atoms with Crippen LogP contribution in [-0.4, -0.2) is 39.9 Å². The molecule has 29 heavy (non-hydrogen) atoms. The Kier molecular flexibility index (Phi) is 9.15. The summed E-state index contributed by atoms with van der Waals surface area (Å²) in [6, 6.07) is 14.7. The number of hydrogen-bond acceptors (Lipinski definition) is 4. The molecule has 1 atom stereocenters. The van der Waals surface area contributed by atoms with E-state index in [1.54, 1.807) is 21.3 Å². The molecule has 0 saturated carbocycles. The van der Waals surface area contributed by atoms with E-state index in [2.05, 4.69) is 48.7 Å². The van der Waals surface area contributed by atoms with Crippen LogP contribution < -0.4 is 24.8 Å². The molecule has 6 heteroatoms. The molecule has 2 rings (SSSR count). The second-order valence-corrected chi connectivity index (χ2v) is 6.80. The first-order valence-electron chi connectivity index (χ1n) is 9.98. The first-order chi connectivity index (χ1) is 14.1. The Balaban J connectivity index is 2.04. The van der Waals surface area contributed by atoms with Gasteiger partial charge in [0.2, 0.25) is 5.75 Å². The van der Waals surface area contributed by atoms with E-state index < -0.39 is 0 Å². The highest BCUT2D eigenvalue weighted by Crippen LogP contribution is 2.38. The number of aliphatic imine (C=N–C) groups is 1. The average molecular weight is 400 g/mol. The molecule has 2 aromatic rings. The van der Waals surface area contributed by atoms with Crippen LogP contribution in [0.15, 0.2) is 47.5 Å². The number of methoxy groups -OCH3 is 3. The number of nitrogens with one attached hydrogen (secondary N) is 2. The Morgan fingerprint density at radius 3 is 2.17 bits per heavy atom. The van der Waals surface area contributed by atoms with E-state index in [1.165, 1.54) is 5.56 Å². The van der Waals surface area contributed by atoms with Gasteiger partial charge in [-0.1, -0.05) is 30.3 Å². The Morgan fingerprint density at radius 1 is 0.966 bits per heavy atom. The molecule has 0 aromatic heterocycles. The van der Waals surface area contributed by atoms with Gasteiger partial charge in [0.25, 0.3) is 0 Å². The highest BCUT2D eigenvalue weighted by molar-refractivity contribution is 5.80. The van der Waals surface area contributed by atoms with E-state index in [0.29, 0.717) is 29.8 Å². The number of ether oxygens (including phenoxy) is 3. The van der Waals surface area contributed by atoms with Crippen LogP contribution in [0.25, 0.3) is 0 Å². The van der Waals surface area contributed by atoms with E-state index in [1.807, 2.05) is 18.2 Å². The maximum atomic E-state index is 5.43. The second-order valence-electron chi connectivity index (χ2n) is 6.80. The monoisotopic (exact) mass is 399 g/mol. The number of hydrogen-bond donors (Lipinski definition) is 2. The zero-order valence-electron chi connectivity index (χ0n) is 18.1. The van der Waals surface area contributed by atoms with Crippen LogP contribution in [0, 0.1) is 0 Å². The predicted octanol–water partition coefficient (Wildman–Crippen LogP) is 3.79. The van der Waals surface area contributed by atoms with E-state index in [-0.39, 0.29) is 0 Å². The van der Waals surface area contributed by atoms with Gasteiger partial charge in [-0.05, 0) is 49.9 Å². The molecule has 0 spiro atoms. The molecule has 0 radical (unpaired) electrons. The van der Waals surface area contributed by atoms with Gasteiger partial charge in [-0.2, -0.15) is 0 Å². The van der Waals surface area contributed by atoms with Crippen LogP contribution in [0.4, 0.5) is 0 Å². The highest BCUT2D eigenvalue weighted by atomic mass is 16.5. The fourth-order valence-corrected chi connectivity index (χ4v) is 3.05. The Bertz CT molecular complexity index is 753. The minimum absolute atomic E-state index is 0.299. The number of benzene rings is 2. The summed E-state index contributed by atoms with van der Waals surface area (Å²) in [6.45, 7) is 5.53. The third-order valence-corrected chi connectivity index (χ3v) is 4.58. The van der Waals surface area contributed by atoms with E-state index in [4.69, 9.17) is 19.2 Å². The molecule has 0 aliphatic heterocycles. The van der Waals surface area contributed by atoms with Crippen LogP contribution in [0.1, 0.15) is 31.4 Å². The molecule has 0 heterocycles. The lowest BCUT2D eigenvalue weighted by Gasteiger charge is -2.18.